The van der Waals surface area contributed by atoms with Crippen LogP contribution in [-0.2, 0) is 4.74 Å². The Balaban J connectivity index is 1.36. The third-order valence-electron chi connectivity index (χ3n) is 5.23. The largest absolute Gasteiger partial charge is 0.490 e. The first-order chi connectivity index (χ1) is 14.2. The molecule has 8 heteroatoms. The van der Waals surface area contributed by atoms with Crippen molar-refractivity contribution in [1.82, 2.24) is 4.98 Å². The maximum Gasteiger partial charge on any atom is 0.298 e. The van der Waals surface area contributed by atoms with Crippen molar-refractivity contribution in [3.63, 3.8) is 0 Å². The standard InChI is InChI=1S/C21H22N4O4/c1-24-6-11-28-19-4-2-14(12-17(19)24)20(26)22-15-3-5-18-16(13-15)23-21(29-18)25-7-9-27-10-8-25/h2-5,12-13H,6-11H2,1H3,(H,22,26). The third kappa shape index (κ3) is 3.47. The van der Waals surface area contributed by atoms with Crippen LogP contribution < -0.4 is 19.9 Å². The molecule has 1 aromatic heterocycles. The summed E-state index contributed by atoms with van der Waals surface area (Å²) in [6.45, 7) is 4.30. The number of nitrogens with zero attached hydrogens (tertiary/aromatic N) is 3. The summed E-state index contributed by atoms with van der Waals surface area (Å²) in [5, 5.41) is 2.95. The summed E-state index contributed by atoms with van der Waals surface area (Å²) >= 11 is 0. The second-order valence-electron chi connectivity index (χ2n) is 7.19. The minimum absolute atomic E-state index is 0.178. The number of morpholine rings is 1. The second kappa shape index (κ2) is 7.29. The highest BCUT2D eigenvalue weighted by molar-refractivity contribution is 6.05. The predicted octanol–water partition coefficient (Wildman–Crippen LogP) is 2.75. The van der Waals surface area contributed by atoms with Crippen LogP contribution in [-0.4, -0.2) is 57.4 Å². The molecule has 3 heterocycles. The lowest BCUT2D eigenvalue weighted by atomic mass is 10.1. The number of oxazole rings is 1. The van der Waals surface area contributed by atoms with Crippen LogP contribution in [0.4, 0.5) is 17.4 Å². The third-order valence-corrected chi connectivity index (χ3v) is 5.23. The van der Waals surface area contributed by atoms with E-state index in [9.17, 15) is 4.79 Å². The molecule has 0 aliphatic carbocycles. The molecule has 0 spiro atoms. The highest BCUT2D eigenvalue weighted by Gasteiger charge is 2.19. The van der Waals surface area contributed by atoms with Gasteiger partial charge in [0.2, 0.25) is 0 Å². The number of carbonyl (C=O) groups excluding carboxylic acids is 1. The molecule has 0 unspecified atom stereocenters. The van der Waals surface area contributed by atoms with Crippen LogP contribution in [0.1, 0.15) is 10.4 Å². The number of fused-ring (bicyclic) bond motifs is 2. The molecule has 1 N–H and O–H groups in total. The van der Waals surface area contributed by atoms with Crippen molar-refractivity contribution < 1.29 is 18.7 Å². The van der Waals surface area contributed by atoms with E-state index in [0.717, 1.165) is 31.1 Å². The zero-order chi connectivity index (χ0) is 19.8. The first-order valence-electron chi connectivity index (χ1n) is 9.70. The van der Waals surface area contributed by atoms with Gasteiger partial charge in [0.15, 0.2) is 5.58 Å². The molecule has 29 heavy (non-hydrogen) atoms. The Labute approximate surface area is 168 Å². The number of rotatable bonds is 3. The highest BCUT2D eigenvalue weighted by atomic mass is 16.5. The summed E-state index contributed by atoms with van der Waals surface area (Å²) in [4.78, 5) is 21.5. The van der Waals surface area contributed by atoms with Crippen LogP contribution in [0.15, 0.2) is 40.8 Å². The average Bonchev–Trinajstić information content (AvgIpc) is 3.18. The Morgan fingerprint density at radius 1 is 1.07 bits per heavy atom. The van der Waals surface area contributed by atoms with E-state index < -0.39 is 0 Å². The van der Waals surface area contributed by atoms with E-state index in [1.54, 1.807) is 6.07 Å². The molecule has 2 aromatic carbocycles. The van der Waals surface area contributed by atoms with Crippen LogP contribution in [0, 0.1) is 0 Å². The van der Waals surface area contributed by atoms with Crippen molar-refractivity contribution in [2.75, 3.05) is 61.6 Å². The number of carbonyl (C=O) groups is 1. The molecule has 8 nitrogen and oxygen atoms in total. The van der Waals surface area contributed by atoms with Gasteiger partial charge in [0.1, 0.15) is 17.9 Å². The molecule has 1 fully saturated rings. The number of hydrogen-bond donors (Lipinski definition) is 1. The van der Waals surface area contributed by atoms with Gasteiger partial charge < -0.3 is 29.0 Å². The number of benzene rings is 2. The van der Waals surface area contributed by atoms with E-state index >= 15 is 0 Å². The number of hydrogen-bond acceptors (Lipinski definition) is 7. The van der Waals surface area contributed by atoms with Crippen molar-refractivity contribution in [3.05, 3.63) is 42.0 Å². The van der Waals surface area contributed by atoms with Gasteiger partial charge in [-0.25, -0.2) is 0 Å². The summed E-state index contributed by atoms with van der Waals surface area (Å²) in [5.74, 6) is 0.623. The minimum Gasteiger partial charge on any atom is -0.490 e. The molecule has 2 aliphatic rings. The molecule has 0 bridgehead atoms. The number of aromatic nitrogens is 1. The van der Waals surface area contributed by atoms with E-state index in [1.807, 2.05) is 37.4 Å². The van der Waals surface area contributed by atoms with Gasteiger partial charge in [0.25, 0.3) is 11.9 Å². The topological polar surface area (TPSA) is 80.1 Å². The fourth-order valence-corrected chi connectivity index (χ4v) is 3.58. The number of amides is 1. The number of likely N-dealkylation sites (N-methyl/N-ethyl adjacent to an activating group) is 1. The lowest BCUT2D eigenvalue weighted by molar-refractivity contribution is 0.102. The zero-order valence-corrected chi connectivity index (χ0v) is 16.2. The molecule has 5 rings (SSSR count). The summed E-state index contributed by atoms with van der Waals surface area (Å²) in [5.41, 5.74) is 3.58. The summed E-state index contributed by atoms with van der Waals surface area (Å²) < 4.78 is 16.9. The lowest BCUT2D eigenvalue weighted by Gasteiger charge is -2.27. The van der Waals surface area contributed by atoms with Gasteiger partial charge in [-0.15, -0.1) is 0 Å². The Hall–Kier alpha value is -3.26. The van der Waals surface area contributed by atoms with Gasteiger partial charge in [-0.2, -0.15) is 4.98 Å². The fraction of sp³-hybridized carbons (Fsp3) is 0.333. The predicted molar refractivity (Wildman–Crippen MR) is 110 cm³/mol. The SMILES string of the molecule is CN1CCOc2ccc(C(=O)Nc3ccc4oc(N5CCOCC5)nc4c3)cc21. The van der Waals surface area contributed by atoms with E-state index in [4.69, 9.17) is 13.9 Å². The van der Waals surface area contributed by atoms with Gasteiger partial charge in [-0.3, -0.25) is 4.79 Å². The van der Waals surface area contributed by atoms with Gasteiger partial charge in [-0.1, -0.05) is 0 Å². The second-order valence-corrected chi connectivity index (χ2v) is 7.19. The van der Waals surface area contributed by atoms with Crippen LogP contribution in [0.3, 0.4) is 0 Å². The Morgan fingerprint density at radius 2 is 1.93 bits per heavy atom. The lowest BCUT2D eigenvalue weighted by Crippen LogP contribution is -2.36. The quantitative estimate of drug-likeness (QED) is 0.732. The van der Waals surface area contributed by atoms with E-state index in [2.05, 4.69) is 20.1 Å². The Morgan fingerprint density at radius 3 is 2.79 bits per heavy atom. The Kier molecular flexibility index (Phi) is 4.48. The van der Waals surface area contributed by atoms with Crippen molar-refractivity contribution >= 4 is 34.4 Å². The maximum atomic E-state index is 12.8. The highest BCUT2D eigenvalue weighted by Crippen LogP contribution is 2.32. The van der Waals surface area contributed by atoms with Crippen LogP contribution in [0.2, 0.25) is 0 Å². The molecule has 2 aliphatic heterocycles. The molecule has 3 aromatic rings. The van der Waals surface area contributed by atoms with E-state index in [1.165, 1.54) is 0 Å². The number of ether oxygens (including phenoxy) is 2. The number of nitrogens with one attached hydrogen (secondary N) is 1. The molecule has 1 amide bonds. The molecule has 1 saturated heterocycles. The Bertz CT molecular complexity index is 1060. The fourth-order valence-electron chi connectivity index (χ4n) is 3.58. The first kappa shape index (κ1) is 17.8. The first-order valence-corrected chi connectivity index (χ1v) is 9.70. The summed E-state index contributed by atoms with van der Waals surface area (Å²) in [6.07, 6.45) is 0. The van der Waals surface area contributed by atoms with Gasteiger partial charge in [-0.05, 0) is 36.4 Å². The average molecular weight is 394 g/mol. The van der Waals surface area contributed by atoms with Crippen LogP contribution >= 0.6 is 0 Å². The maximum absolute atomic E-state index is 12.8. The monoisotopic (exact) mass is 394 g/mol. The van der Waals surface area contributed by atoms with Crippen molar-refractivity contribution in [2.45, 2.75) is 0 Å². The number of anilines is 3. The molecule has 150 valence electrons. The van der Waals surface area contributed by atoms with Crippen LogP contribution in [0.25, 0.3) is 11.1 Å². The summed E-state index contributed by atoms with van der Waals surface area (Å²) in [7, 11) is 1.99. The van der Waals surface area contributed by atoms with E-state index in [-0.39, 0.29) is 5.91 Å². The van der Waals surface area contributed by atoms with Gasteiger partial charge >= 0.3 is 0 Å². The van der Waals surface area contributed by atoms with E-state index in [0.29, 0.717) is 48.2 Å². The van der Waals surface area contributed by atoms with Crippen molar-refractivity contribution in [1.29, 1.82) is 0 Å². The van der Waals surface area contributed by atoms with Crippen molar-refractivity contribution in [3.8, 4) is 5.75 Å². The van der Waals surface area contributed by atoms with Crippen molar-refractivity contribution in [2.24, 2.45) is 0 Å². The van der Waals surface area contributed by atoms with Gasteiger partial charge in [0, 0.05) is 31.4 Å². The van der Waals surface area contributed by atoms with Gasteiger partial charge in [0.05, 0.1) is 25.4 Å². The molecule has 0 radical (unpaired) electrons. The smallest absolute Gasteiger partial charge is 0.298 e. The molecule has 0 atom stereocenters. The minimum atomic E-state index is -0.178. The van der Waals surface area contributed by atoms with Crippen LogP contribution in [0.5, 0.6) is 5.75 Å². The molecular weight excluding hydrogens is 372 g/mol. The normalized spacial score (nSPS) is 16.4. The summed E-state index contributed by atoms with van der Waals surface area (Å²) in [6, 6.07) is 11.5. The zero-order valence-electron chi connectivity index (χ0n) is 16.2. The molecule has 0 saturated carbocycles. The molecular formula is C21H22N4O4.